The molecule has 1 amide bonds. The van der Waals surface area contributed by atoms with Gasteiger partial charge in [-0.2, -0.15) is 0 Å². The predicted molar refractivity (Wildman–Crippen MR) is 119 cm³/mol. The summed E-state index contributed by atoms with van der Waals surface area (Å²) in [6, 6.07) is 14.4. The molecule has 0 bridgehead atoms. The maximum atomic E-state index is 13.1. The van der Waals surface area contributed by atoms with Crippen LogP contribution in [0.5, 0.6) is 17.2 Å². The lowest BCUT2D eigenvalue weighted by molar-refractivity contribution is -0.140. The fraction of sp³-hybridized carbons (Fsp3) is 0.200. The maximum absolute atomic E-state index is 13.1. The molecule has 1 atom stereocenters. The fourth-order valence-corrected chi connectivity index (χ4v) is 3.89. The van der Waals surface area contributed by atoms with Gasteiger partial charge in [-0.25, -0.2) is 0 Å². The van der Waals surface area contributed by atoms with Crippen molar-refractivity contribution in [2.75, 3.05) is 21.3 Å². The zero-order valence-electron chi connectivity index (χ0n) is 18.4. The number of hydrogen-bond donors (Lipinski definition) is 1. The summed E-state index contributed by atoms with van der Waals surface area (Å²) < 4.78 is 21.2. The Balaban J connectivity index is 1.86. The number of furan rings is 1. The number of ether oxygens (including phenoxy) is 3. The molecule has 2 heterocycles. The Bertz CT molecular complexity index is 1200. The number of hydrogen-bond acceptors (Lipinski definition) is 7. The number of likely N-dealkylation sites (tertiary alicyclic amines) is 1. The topological polar surface area (TPSA) is 98.4 Å². The molecule has 1 unspecified atom stereocenters. The van der Waals surface area contributed by atoms with Crippen molar-refractivity contribution < 1.29 is 33.3 Å². The molecule has 8 nitrogen and oxygen atoms in total. The molecule has 1 N–H and O–H groups in total. The molecule has 0 radical (unpaired) electrons. The minimum atomic E-state index is -0.825. The van der Waals surface area contributed by atoms with Crippen molar-refractivity contribution in [3.05, 3.63) is 83.3 Å². The van der Waals surface area contributed by atoms with Gasteiger partial charge in [-0.15, -0.1) is 0 Å². The number of rotatable bonds is 7. The summed E-state index contributed by atoms with van der Waals surface area (Å²) in [6.07, 6.45) is 1.50. The lowest BCUT2D eigenvalue weighted by Gasteiger charge is -2.24. The van der Waals surface area contributed by atoms with E-state index < -0.39 is 17.7 Å². The largest absolute Gasteiger partial charge is 0.507 e. The van der Waals surface area contributed by atoms with E-state index in [0.29, 0.717) is 34.1 Å². The molecule has 0 spiro atoms. The monoisotopic (exact) mass is 449 g/mol. The lowest BCUT2D eigenvalue weighted by Crippen LogP contribution is -2.29. The second-order valence-electron chi connectivity index (χ2n) is 7.35. The SMILES string of the molecule is COc1ccc(C2/C(=C(\O)c3ccc(OC)c(OC)c3)C(=O)C(=O)N2Cc2ccco2)cc1. The number of aliphatic hydroxyl groups excluding tert-OH is 1. The van der Waals surface area contributed by atoms with E-state index in [4.69, 9.17) is 18.6 Å². The van der Waals surface area contributed by atoms with Crippen LogP contribution >= 0.6 is 0 Å². The molecule has 3 aromatic rings. The number of carbonyl (C=O) groups excluding carboxylic acids is 2. The molecule has 2 aromatic carbocycles. The van der Waals surface area contributed by atoms with Crippen LogP contribution in [0.25, 0.3) is 5.76 Å². The van der Waals surface area contributed by atoms with Gasteiger partial charge in [-0.05, 0) is 48.0 Å². The van der Waals surface area contributed by atoms with E-state index in [2.05, 4.69) is 0 Å². The van der Waals surface area contributed by atoms with Crippen LogP contribution in [-0.2, 0) is 16.1 Å². The zero-order valence-corrected chi connectivity index (χ0v) is 18.4. The highest BCUT2D eigenvalue weighted by molar-refractivity contribution is 6.46. The normalized spacial score (nSPS) is 17.3. The van der Waals surface area contributed by atoms with Crippen LogP contribution in [0.1, 0.15) is 22.9 Å². The van der Waals surface area contributed by atoms with Gasteiger partial charge >= 0.3 is 0 Å². The van der Waals surface area contributed by atoms with Crippen molar-refractivity contribution >= 4 is 17.4 Å². The van der Waals surface area contributed by atoms with Gasteiger partial charge in [-0.3, -0.25) is 9.59 Å². The Morgan fingerprint density at radius 3 is 2.30 bits per heavy atom. The number of amides is 1. The van der Waals surface area contributed by atoms with Gasteiger partial charge in [-0.1, -0.05) is 12.1 Å². The first-order valence-electron chi connectivity index (χ1n) is 10.2. The maximum Gasteiger partial charge on any atom is 0.296 e. The van der Waals surface area contributed by atoms with E-state index in [1.807, 2.05) is 0 Å². The van der Waals surface area contributed by atoms with Crippen LogP contribution in [0.3, 0.4) is 0 Å². The number of ketones is 1. The van der Waals surface area contributed by atoms with Crippen molar-refractivity contribution in [2.45, 2.75) is 12.6 Å². The third-order valence-electron chi connectivity index (χ3n) is 5.53. The molecule has 1 aromatic heterocycles. The molecule has 1 saturated heterocycles. The number of methoxy groups -OCH3 is 3. The Morgan fingerprint density at radius 1 is 0.970 bits per heavy atom. The van der Waals surface area contributed by atoms with Gasteiger partial charge in [0, 0.05) is 5.56 Å². The first kappa shape index (κ1) is 22.0. The molecule has 0 saturated carbocycles. The quantitative estimate of drug-likeness (QED) is 0.332. The molecule has 170 valence electrons. The molecule has 4 rings (SSSR count). The van der Waals surface area contributed by atoms with E-state index in [1.165, 1.54) is 25.4 Å². The smallest absolute Gasteiger partial charge is 0.296 e. The number of nitrogens with zero attached hydrogens (tertiary/aromatic N) is 1. The minimum absolute atomic E-state index is 0.0241. The van der Waals surface area contributed by atoms with Crippen molar-refractivity contribution in [3.63, 3.8) is 0 Å². The van der Waals surface area contributed by atoms with Crippen molar-refractivity contribution in [3.8, 4) is 17.2 Å². The van der Waals surface area contributed by atoms with Gasteiger partial charge in [0.25, 0.3) is 11.7 Å². The van der Waals surface area contributed by atoms with Gasteiger partial charge in [0.1, 0.15) is 17.3 Å². The molecule has 8 heteroatoms. The van der Waals surface area contributed by atoms with Crippen LogP contribution in [0.15, 0.2) is 70.9 Å². The summed E-state index contributed by atoms with van der Waals surface area (Å²) in [7, 11) is 4.53. The summed E-state index contributed by atoms with van der Waals surface area (Å²) in [4.78, 5) is 27.5. The average molecular weight is 449 g/mol. The summed E-state index contributed by atoms with van der Waals surface area (Å²) in [5.41, 5.74) is 0.940. The second-order valence-corrected chi connectivity index (χ2v) is 7.35. The molecule has 1 aliphatic heterocycles. The van der Waals surface area contributed by atoms with E-state index >= 15 is 0 Å². The Morgan fingerprint density at radius 2 is 1.70 bits per heavy atom. The molecule has 33 heavy (non-hydrogen) atoms. The van der Waals surface area contributed by atoms with Crippen molar-refractivity contribution in [1.29, 1.82) is 0 Å². The summed E-state index contributed by atoms with van der Waals surface area (Å²) in [5.74, 6) is 0.176. The molecule has 0 aliphatic carbocycles. The van der Waals surface area contributed by atoms with E-state index in [0.717, 1.165) is 0 Å². The van der Waals surface area contributed by atoms with E-state index in [-0.39, 0.29) is 17.9 Å². The number of benzene rings is 2. The third-order valence-corrected chi connectivity index (χ3v) is 5.53. The first-order chi connectivity index (χ1) is 16.0. The van der Waals surface area contributed by atoms with Gasteiger partial charge in [0.2, 0.25) is 0 Å². The highest BCUT2D eigenvalue weighted by Crippen LogP contribution is 2.41. The van der Waals surface area contributed by atoms with Crippen molar-refractivity contribution in [2.24, 2.45) is 0 Å². The van der Waals surface area contributed by atoms with E-state index in [9.17, 15) is 14.7 Å². The molecular weight excluding hydrogens is 426 g/mol. The van der Waals surface area contributed by atoms with Crippen LogP contribution < -0.4 is 14.2 Å². The number of Topliss-reactive ketones (excluding diaryl/α,β-unsaturated/α-hetero) is 1. The highest BCUT2D eigenvalue weighted by atomic mass is 16.5. The molecular formula is C25H23NO7. The standard InChI is InChI=1S/C25H23NO7/c1-30-17-9-6-15(7-10-17)22-21(23(27)16-8-11-19(31-2)20(13-16)32-3)24(28)25(29)26(22)14-18-5-4-12-33-18/h4-13,22,27H,14H2,1-3H3/b23-21+. The van der Waals surface area contributed by atoms with Gasteiger partial charge in [0.15, 0.2) is 11.5 Å². The second kappa shape index (κ2) is 9.12. The number of aliphatic hydroxyl groups is 1. The zero-order chi connectivity index (χ0) is 23.5. The third kappa shape index (κ3) is 4.03. The van der Waals surface area contributed by atoms with Crippen LogP contribution in [-0.4, -0.2) is 43.0 Å². The van der Waals surface area contributed by atoms with E-state index in [1.54, 1.807) is 61.7 Å². The first-order valence-corrected chi connectivity index (χ1v) is 10.2. The van der Waals surface area contributed by atoms with Crippen LogP contribution in [0.2, 0.25) is 0 Å². The summed E-state index contributed by atoms with van der Waals surface area (Å²) in [6.45, 7) is 0.0665. The number of carbonyl (C=O) groups is 2. The lowest BCUT2D eigenvalue weighted by atomic mass is 9.95. The Kier molecular flexibility index (Phi) is 6.08. The summed E-state index contributed by atoms with van der Waals surface area (Å²) in [5, 5.41) is 11.2. The highest BCUT2D eigenvalue weighted by Gasteiger charge is 2.46. The van der Waals surface area contributed by atoms with Gasteiger partial charge < -0.3 is 28.6 Å². The minimum Gasteiger partial charge on any atom is -0.507 e. The summed E-state index contributed by atoms with van der Waals surface area (Å²) >= 11 is 0. The Labute approximate surface area is 190 Å². The molecule has 1 fully saturated rings. The Hall–Kier alpha value is -4.20. The van der Waals surface area contributed by atoms with Crippen LogP contribution in [0.4, 0.5) is 0 Å². The molecule has 1 aliphatic rings. The van der Waals surface area contributed by atoms with Crippen molar-refractivity contribution in [1.82, 2.24) is 4.90 Å². The fourth-order valence-electron chi connectivity index (χ4n) is 3.89. The van der Waals surface area contributed by atoms with Gasteiger partial charge in [0.05, 0.1) is 45.8 Å². The average Bonchev–Trinajstić information content (AvgIpc) is 3.45. The predicted octanol–water partition coefficient (Wildman–Crippen LogP) is 3.93. The van der Waals surface area contributed by atoms with Crippen LogP contribution in [0, 0.1) is 0 Å².